The van der Waals surface area contributed by atoms with E-state index in [9.17, 15) is 0 Å². The van der Waals surface area contributed by atoms with Crippen molar-refractivity contribution in [3.63, 3.8) is 0 Å². The van der Waals surface area contributed by atoms with Gasteiger partial charge in [0.05, 0.1) is 0 Å². The van der Waals surface area contributed by atoms with E-state index in [0.29, 0.717) is 11.6 Å². The van der Waals surface area contributed by atoms with Gasteiger partial charge in [-0.25, -0.2) is 0 Å². The summed E-state index contributed by atoms with van der Waals surface area (Å²) in [5, 5.41) is 15.6. The molecule has 2 aliphatic heterocycles. The molecule has 9 rings (SSSR count). The third-order valence-corrected chi connectivity index (χ3v) is 17.6. The Hall–Kier alpha value is -1.64. The van der Waals surface area contributed by atoms with Gasteiger partial charge in [-0.05, 0) is 107 Å². The fraction of sp³-hybridized carbons (Fsp3) is 0.591. The van der Waals surface area contributed by atoms with Crippen molar-refractivity contribution in [2.45, 2.75) is 93.8 Å². The molecule has 50 heavy (non-hydrogen) atoms. The lowest BCUT2D eigenvalue weighted by atomic mass is 9.43. The molecule has 2 heterocycles. The SMILES string of the molecule is CC(C)(c1ccccc1)c1cc(CP(C2CNCCN2)C2CNCCN2)c(C23CC4CC(CC(C4)C2CP)C3)cc1C(C)(C)c1ccccc1. The summed E-state index contributed by atoms with van der Waals surface area (Å²) in [4.78, 5) is 0. The summed E-state index contributed by atoms with van der Waals surface area (Å²) >= 11 is 0. The van der Waals surface area contributed by atoms with Crippen molar-refractivity contribution in [2.75, 3.05) is 45.4 Å². The van der Waals surface area contributed by atoms with Gasteiger partial charge < -0.3 is 21.3 Å². The van der Waals surface area contributed by atoms with Crippen LogP contribution in [-0.4, -0.2) is 57.0 Å². The Kier molecular flexibility index (Phi) is 10.1. The molecule has 6 unspecified atom stereocenters. The number of rotatable bonds is 10. The van der Waals surface area contributed by atoms with Gasteiger partial charge in [-0.2, -0.15) is 0 Å². The average molecular weight is 709 g/mol. The summed E-state index contributed by atoms with van der Waals surface area (Å²) < 4.78 is 0. The molecule has 4 nitrogen and oxygen atoms in total. The lowest BCUT2D eigenvalue weighted by Crippen LogP contribution is -2.56. The monoisotopic (exact) mass is 708 g/mol. The third kappa shape index (κ3) is 6.37. The van der Waals surface area contributed by atoms with Gasteiger partial charge in [0, 0.05) is 61.7 Å². The Labute approximate surface area is 306 Å². The van der Waals surface area contributed by atoms with E-state index in [2.05, 4.69) is 131 Å². The topological polar surface area (TPSA) is 48.1 Å². The van der Waals surface area contributed by atoms with Crippen molar-refractivity contribution < 1.29 is 0 Å². The van der Waals surface area contributed by atoms with Crippen LogP contribution in [0.5, 0.6) is 0 Å². The van der Waals surface area contributed by atoms with Gasteiger partial charge in [-0.15, -0.1) is 9.24 Å². The first-order valence-corrected chi connectivity index (χ1v) is 22.3. The summed E-state index contributed by atoms with van der Waals surface area (Å²) in [6.45, 7) is 16.4. The molecule has 0 spiro atoms. The molecule has 3 aromatic carbocycles. The van der Waals surface area contributed by atoms with Crippen molar-refractivity contribution in [1.29, 1.82) is 0 Å². The maximum atomic E-state index is 4.03. The van der Waals surface area contributed by atoms with Crippen LogP contribution in [-0.2, 0) is 22.4 Å². The maximum Gasteiger partial charge on any atom is 0.0413 e. The van der Waals surface area contributed by atoms with Crippen molar-refractivity contribution in [3.8, 4) is 0 Å². The summed E-state index contributed by atoms with van der Waals surface area (Å²) in [5.74, 6) is 4.47. The van der Waals surface area contributed by atoms with Gasteiger partial charge in [0.2, 0.25) is 0 Å². The van der Waals surface area contributed by atoms with Crippen LogP contribution < -0.4 is 21.3 Å². The van der Waals surface area contributed by atoms with Crippen LogP contribution in [0.1, 0.15) is 93.2 Å². The van der Waals surface area contributed by atoms with E-state index in [1.165, 1.54) is 66.7 Å². The normalized spacial score (nSPS) is 31.9. The first-order chi connectivity index (χ1) is 24.2. The first kappa shape index (κ1) is 35.4. The molecule has 0 radical (unpaired) electrons. The van der Waals surface area contributed by atoms with E-state index in [1.54, 1.807) is 11.1 Å². The second-order valence-corrected chi connectivity index (χ2v) is 20.7. The van der Waals surface area contributed by atoms with E-state index in [-0.39, 0.29) is 24.2 Å². The van der Waals surface area contributed by atoms with Gasteiger partial charge in [0.25, 0.3) is 0 Å². The van der Waals surface area contributed by atoms with Gasteiger partial charge in [0.15, 0.2) is 0 Å². The number of benzene rings is 3. The fourth-order valence-electron chi connectivity index (χ4n) is 11.7. The molecule has 6 heteroatoms. The predicted octanol–water partition coefficient (Wildman–Crippen LogP) is 7.93. The van der Waals surface area contributed by atoms with Crippen LogP contribution in [0.3, 0.4) is 0 Å². The van der Waals surface area contributed by atoms with Crippen LogP contribution in [0.2, 0.25) is 0 Å². The molecule has 4 bridgehead atoms. The van der Waals surface area contributed by atoms with E-state index in [4.69, 9.17) is 0 Å². The lowest BCUT2D eigenvalue weighted by molar-refractivity contribution is -0.0521. The minimum atomic E-state index is -0.386. The third-order valence-electron chi connectivity index (χ3n) is 14.1. The molecule has 0 aromatic heterocycles. The Morgan fingerprint density at radius 2 is 1.22 bits per heavy atom. The Morgan fingerprint density at radius 3 is 1.70 bits per heavy atom. The highest BCUT2D eigenvalue weighted by Gasteiger charge is 2.58. The zero-order chi connectivity index (χ0) is 34.5. The van der Waals surface area contributed by atoms with Crippen molar-refractivity contribution in [3.05, 3.63) is 106 Å². The summed E-state index contributed by atoms with van der Waals surface area (Å²) in [6.07, 6.45) is 9.60. The van der Waals surface area contributed by atoms with Crippen LogP contribution in [0.15, 0.2) is 72.8 Å². The second kappa shape index (κ2) is 14.3. The Balaban J connectivity index is 1.37. The van der Waals surface area contributed by atoms with Crippen molar-refractivity contribution in [2.24, 2.45) is 23.7 Å². The van der Waals surface area contributed by atoms with Crippen LogP contribution in [0, 0.1) is 23.7 Å². The zero-order valence-corrected chi connectivity index (χ0v) is 33.2. The fourth-order valence-corrected chi connectivity index (χ4v) is 15.5. The number of hydrogen-bond donors (Lipinski definition) is 4. The van der Waals surface area contributed by atoms with Gasteiger partial charge in [-0.1, -0.05) is 108 Å². The largest absolute Gasteiger partial charge is 0.314 e. The first-order valence-electron chi connectivity index (χ1n) is 19.8. The van der Waals surface area contributed by atoms with Gasteiger partial charge in [-0.3, -0.25) is 0 Å². The van der Waals surface area contributed by atoms with E-state index >= 15 is 0 Å². The van der Waals surface area contributed by atoms with Crippen molar-refractivity contribution in [1.82, 2.24) is 21.3 Å². The van der Waals surface area contributed by atoms with E-state index in [0.717, 1.165) is 62.9 Å². The Bertz CT molecular complexity index is 1580. The van der Waals surface area contributed by atoms with Gasteiger partial charge >= 0.3 is 0 Å². The zero-order valence-electron chi connectivity index (χ0n) is 31.1. The molecule has 3 aromatic rings. The van der Waals surface area contributed by atoms with Crippen molar-refractivity contribution >= 4 is 17.2 Å². The van der Waals surface area contributed by atoms with Crippen LogP contribution in [0.25, 0.3) is 0 Å². The Morgan fingerprint density at radius 1 is 0.700 bits per heavy atom. The standard InChI is InChI=1S/C44H62N4P2/c1-42(2,34-11-7-5-8-12-34)37-22-33(29-50(40-26-45-15-17-47-40)41-27-46-16-18-48-41)36(23-38(37)43(3,4)35-13-9-6-10-14-35)44-24-30-19-31(25-44)21-32(20-30)39(44)28-49/h5-14,22-23,30-32,39-41,45-48H,15-21,24-29,49H2,1-4H3. The molecule has 4 aliphatic carbocycles. The molecular formula is C44H62N4P2. The number of piperazine rings is 2. The molecule has 6 aliphatic rings. The molecule has 2 saturated heterocycles. The van der Waals surface area contributed by atoms with Crippen LogP contribution in [0.4, 0.5) is 0 Å². The molecular weight excluding hydrogens is 646 g/mol. The highest BCUT2D eigenvalue weighted by Crippen LogP contribution is 2.65. The summed E-state index contributed by atoms with van der Waals surface area (Å²) in [7, 11) is 2.87. The smallest absolute Gasteiger partial charge is 0.0413 e. The number of hydrogen-bond acceptors (Lipinski definition) is 4. The molecule has 6 atom stereocenters. The number of nitrogens with one attached hydrogen (secondary N) is 4. The highest BCUT2D eigenvalue weighted by atomic mass is 31.1. The second-order valence-electron chi connectivity index (χ2n) is 17.7. The minimum absolute atomic E-state index is 0.136. The lowest BCUT2D eigenvalue weighted by Gasteiger charge is -2.62. The quantitative estimate of drug-likeness (QED) is 0.162. The predicted molar refractivity (Wildman–Crippen MR) is 217 cm³/mol. The van der Waals surface area contributed by atoms with E-state index < -0.39 is 0 Å². The average Bonchev–Trinajstić information content (AvgIpc) is 3.14. The molecule has 268 valence electrons. The van der Waals surface area contributed by atoms with Crippen LogP contribution >= 0.6 is 17.2 Å². The molecule has 4 saturated carbocycles. The molecule has 4 N–H and O–H groups in total. The molecule has 6 fully saturated rings. The molecule has 0 amide bonds. The summed E-state index contributed by atoms with van der Waals surface area (Å²) in [5.41, 5.74) is 9.29. The minimum Gasteiger partial charge on any atom is -0.314 e. The van der Waals surface area contributed by atoms with Gasteiger partial charge in [0.1, 0.15) is 0 Å². The highest BCUT2D eigenvalue weighted by molar-refractivity contribution is 7.58. The summed E-state index contributed by atoms with van der Waals surface area (Å²) in [6, 6.07) is 28.4. The van der Waals surface area contributed by atoms with E-state index in [1.807, 2.05) is 0 Å². The maximum absolute atomic E-state index is 4.03.